The van der Waals surface area contributed by atoms with Crippen LogP contribution in [0.1, 0.15) is 0 Å². The van der Waals surface area contributed by atoms with E-state index in [1.807, 2.05) is 12.1 Å². The third-order valence-electron chi connectivity index (χ3n) is 9.36. The molecular formula is C47H31N3. The predicted molar refractivity (Wildman–Crippen MR) is 207 cm³/mol. The molecule has 0 aliphatic rings. The molecule has 0 fully saturated rings. The summed E-state index contributed by atoms with van der Waals surface area (Å²) in [6.45, 7) is 0. The maximum Gasteiger partial charge on any atom is 0.164 e. The molecule has 8 aromatic carbocycles. The number of rotatable bonds is 6. The fourth-order valence-corrected chi connectivity index (χ4v) is 6.65. The molecule has 3 heteroatoms. The van der Waals surface area contributed by atoms with Gasteiger partial charge in [0.15, 0.2) is 17.5 Å². The smallest absolute Gasteiger partial charge is 0.164 e. The summed E-state index contributed by atoms with van der Waals surface area (Å²) in [4.78, 5) is 15.0. The maximum absolute atomic E-state index is 5.02. The summed E-state index contributed by atoms with van der Waals surface area (Å²) in [7, 11) is 0. The highest BCUT2D eigenvalue weighted by Gasteiger charge is 2.14. The van der Waals surface area contributed by atoms with Gasteiger partial charge in [-0.25, -0.2) is 15.0 Å². The van der Waals surface area contributed by atoms with Crippen molar-refractivity contribution in [3.8, 4) is 67.5 Å². The second kappa shape index (κ2) is 12.7. The van der Waals surface area contributed by atoms with Gasteiger partial charge in [0.2, 0.25) is 0 Å². The van der Waals surface area contributed by atoms with Crippen molar-refractivity contribution < 1.29 is 0 Å². The van der Waals surface area contributed by atoms with E-state index >= 15 is 0 Å². The molecule has 9 rings (SSSR count). The first kappa shape index (κ1) is 29.4. The van der Waals surface area contributed by atoms with Crippen LogP contribution in [0.25, 0.3) is 89.1 Å². The van der Waals surface area contributed by atoms with Crippen LogP contribution in [0.4, 0.5) is 0 Å². The lowest BCUT2D eigenvalue weighted by Crippen LogP contribution is -2.00. The predicted octanol–water partition coefficient (Wildman–Crippen LogP) is 12.2. The second-order valence-corrected chi connectivity index (χ2v) is 12.5. The van der Waals surface area contributed by atoms with E-state index in [-0.39, 0.29) is 0 Å². The monoisotopic (exact) mass is 637 g/mol. The van der Waals surface area contributed by atoms with E-state index in [1.54, 1.807) is 0 Å². The Labute approximate surface area is 291 Å². The topological polar surface area (TPSA) is 38.7 Å². The Hall–Kier alpha value is -6.71. The summed E-state index contributed by atoms with van der Waals surface area (Å²) in [6.07, 6.45) is 0. The first-order valence-corrected chi connectivity index (χ1v) is 16.9. The lowest BCUT2D eigenvalue weighted by Gasteiger charge is -2.11. The third kappa shape index (κ3) is 5.72. The Bertz CT molecular complexity index is 2490. The summed E-state index contributed by atoms with van der Waals surface area (Å²) in [5, 5.41) is 5.03. The van der Waals surface area contributed by atoms with Crippen molar-refractivity contribution in [1.82, 2.24) is 15.0 Å². The van der Waals surface area contributed by atoms with Crippen molar-refractivity contribution >= 4 is 21.5 Å². The number of hydrogen-bond donors (Lipinski definition) is 0. The van der Waals surface area contributed by atoms with Crippen LogP contribution in [-0.2, 0) is 0 Å². The molecule has 9 aromatic rings. The number of fused-ring (bicyclic) bond motifs is 3. The molecular weight excluding hydrogens is 607 g/mol. The quantitative estimate of drug-likeness (QED) is 0.170. The molecule has 0 N–H and O–H groups in total. The van der Waals surface area contributed by atoms with Gasteiger partial charge in [0.1, 0.15) is 0 Å². The highest BCUT2D eigenvalue weighted by Crippen LogP contribution is 2.32. The molecule has 0 aliphatic carbocycles. The van der Waals surface area contributed by atoms with E-state index in [0.29, 0.717) is 17.5 Å². The van der Waals surface area contributed by atoms with Gasteiger partial charge in [0.25, 0.3) is 0 Å². The van der Waals surface area contributed by atoms with Crippen molar-refractivity contribution in [3.63, 3.8) is 0 Å². The van der Waals surface area contributed by atoms with Crippen LogP contribution in [-0.4, -0.2) is 15.0 Å². The van der Waals surface area contributed by atoms with Crippen molar-refractivity contribution in [3.05, 3.63) is 188 Å². The van der Waals surface area contributed by atoms with Crippen LogP contribution < -0.4 is 0 Å². The third-order valence-corrected chi connectivity index (χ3v) is 9.36. The molecule has 1 aromatic heterocycles. The van der Waals surface area contributed by atoms with E-state index in [2.05, 4.69) is 176 Å². The summed E-state index contributed by atoms with van der Waals surface area (Å²) in [5.41, 5.74) is 9.79. The van der Waals surface area contributed by atoms with Gasteiger partial charge in [-0.3, -0.25) is 0 Å². The van der Waals surface area contributed by atoms with Crippen molar-refractivity contribution in [2.24, 2.45) is 0 Å². The number of hydrogen-bond acceptors (Lipinski definition) is 3. The number of benzene rings is 8. The van der Waals surface area contributed by atoms with Gasteiger partial charge < -0.3 is 0 Å². The molecule has 0 atom stereocenters. The molecule has 3 nitrogen and oxygen atoms in total. The second-order valence-electron chi connectivity index (χ2n) is 12.5. The molecule has 0 aliphatic heterocycles. The fraction of sp³-hybridized carbons (Fsp3) is 0. The minimum Gasteiger partial charge on any atom is -0.208 e. The highest BCUT2D eigenvalue weighted by molar-refractivity contribution is 6.08. The van der Waals surface area contributed by atoms with E-state index in [9.17, 15) is 0 Å². The van der Waals surface area contributed by atoms with Crippen molar-refractivity contribution in [2.45, 2.75) is 0 Å². The molecule has 234 valence electrons. The first-order valence-electron chi connectivity index (χ1n) is 16.9. The average molecular weight is 638 g/mol. The molecule has 0 saturated heterocycles. The maximum atomic E-state index is 5.02. The van der Waals surface area contributed by atoms with Gasteiger partial charge in [-0.15, -0.1) is 0 Å². The number of aromatic nitrogens is 3. The highest BCUT2D eigenvalue weighted by atomic mass is 15.0. The number of nitrogens with zero attached hydrogens (tertiary/aromatic N) is 3. The van der Waals surface area contributed by atoms with Crippen LogP contribution in [0.5, 0.6) is 0 Å². The Morgan fingerprint density at radius 3 is 1.06 bits per heavy atom. The fourth-order valence-electron chi connectivity index (χ4n) is 6.65. The molecule has 1 heterocycles. The minimum absolute atomic E-state index is 0.640. The van der Waals surface area contributed by atoms with Gasteiger partial charge in [0.05, 0.1) is 0 Å². The Morgan fingerprint density at radius 2 is 0.560 bits per heavy atom. The summed E-state index contributed by atoms with van der Waals surface area (Å²) in [6, 6.07) is 65.9. The summed E-state index contributed by atoms with van der Waals surface area (Å²) in [5.74, 6) is 1.92. The zero-order valence-corrected chi connectivity index (χ0v) is 27.2. The molecule has 50 heavy (non-hydrogen) atoms. The first-order chi connectivity index (χ1) is 24.7. The molecule has 0 unspecified atom stereocenters. The van der Waals surface area contributed by atoms with E-state index in [4.69, 9.17) is 15.0 Å². The van der Waals surface area contributed by atoms with E-state index < -0.39 is 0 Å². The van der Waals surface area contributed by atoms with Crippen LogP contribution in [0.3, 0.4) is 0 Å². The molecule has 0 saturated carbocycles. The Balaban J connectivity index is 1.09. The van der Waals surface area contributed by atoms with Crippen LogP contribution >= 0.6 is 0 Å². The lowest BCUT2D eigenvalue weighted by molar-refractivity contribution is 1.07. The van der Waals surface area contributed by atoms with E-state index in [1.165, 1.54) is 38.2 Å². The van der Waals surface area contributed by atoms with Crippen molar-refractivity contribution in [1.29, 1.82) is 0 Å². The molecule has 0 radical (unpaired) electrons. The Morgan fingerprint density at radius 1 is 0.220 bits per heavy atom. The van der Waals surface area contributed by atoms with Gasteiger partial charge in [-0.2, -0.15) is 0 Å². The van der Waals surface area contributed by atoms with Crippen molar-refractivity contribution in [2.75, 3.05) is 0 Å². The van der Waals surface area contributed by atoms with Crippen LogP contribution in [0.15, 0.2) is 188 Å². The SMILES string of the molecule is c1ccc(-c2ccc(-c3nc(-c4ccc(-c5ccccc5)cc4)nc(-c4ccc(-c5ccc6c(ccc7ccccc76)c5)cc4)n3)cc2)cc1. The van der Waals surface area contributed by atoms with Crippen LogP contribution in [0, 0.1) is 0 Å². The summed E-state index contributed by atoms with van der Waals surface area (Å²) >= 11 is 0. The standard InChI is InChI=1S/C47H31N3/c1-3-9-32(10-4-1)34-15-22-38(23-16-34)45-48-46(39-24-17-35(18-25-39)33-11-5-2-6-12-33)50-47(49-45)40-26-19-36(20-27-40)41-29-30-44-42(31-41)28-21-37-13-7-8-14-43(37)44/h1-31H. The largest absolute Gasteiger partial charge is 0.208 e. The van der Waals surface area contributed by atoms with E-state index in [0.717, 1.165) is 33.4 Å². The normalized spacial score (nSPS) is 11.2. The Kier molecular flexibility index (Phi) is 7.49. The zero-order valence-electron chi connectivity index (χ0n) is 27.2. The van der Waals surface area contributed by atoms with Gasteiger partial charge in [0, 0.05) is 16.7 Å². The van der Waals surface area contributed by atoms with Gasteiger partial charge >= 0.3 is 0 Å². The van der Waals surface area contributed by atoms with Gasteiger partial charge in [-0.1, -0.05) is 182 Å². The lowest BCUT2D eigenvalue weighted by atomic mass is 9.97. The minimum atomic E-state index is 0.640. The zero-order chi connectivity index (χ0) is 33.3. The average Bonchev–Trinajstić information content (AvgIpc) is 3.21. The molecule has 0 amide bonds. The van der Waals surface area contributed by atoms with Gasteiger partial charge in [-0.05, 0) is 61.0 Å². The van der Waals surface area contributed by atoms with Crippen LogP contribution in [0.2, 0.25) is 0 Å². The molecule has 0 bridgehead atoms. The summed E-state index contributed by atoms with van der Waals surface area (Å²) < 4.78 is 0. The molecule has 0 spiro atoms.